The van der Waals surface area contributed by atoms with E-state index in [1.807, 2.05) is 23.6 Å². The van der Waals surface area contributed by atoms with Gasteiger partial charge in [0.05, 0.1) is 25.5 Å². The van der Waals surface area contributed by atoms with Crippen molar-refractivity contribution in [2.24, 2.45) is 0 Å². The van der Waals surface area contributed by atoms with Crippen molar-refractivity contribution in [1.82, 2.24) is 5.32 Å². The Kier molecular flexibility index (Phi) is 4.73. The van der Waals surface area contributed by atoms with Gasteiger partial charge in [-0.05, 0) is 35.7 Å². The highest BCUT2D eigenvalue weighted by atomic mass is 35.5. The van der Waals surface area contributed by atoms with Crippen molar-refractivity contribution in [3.05, 3.63) is 65.6 Å². The molecule has 0 bridgehead atoms. The molecule has 0 saturated heterocycles. The standard InChI is InChI=1S/C15H10ClNO2S3/c16-13-6-5-12(22-13)15(19)17-8-9-3-4-11(21-9)14(18)10-2-1-7-20-10/h1-7H,8H2,(H,17,19). The van der Waals surface area contributed by atoms with Gasteiger partial charge in [0.15, 0.2) is 0 Å². The second-order valence-corrected chi connectivity index (χ2v) is 8.19. The molecule has 0 atom stereocenters. The van der Waals surface area contributed by atoms with Gasteiger partial charge in [0.2, 0.25) is 5.78 Å². The average molecular weight is 368 g/mol. The zero-order valence-electron chi connectivity index (χ0n) is 11.2. The van der Waals surface area contributed by atoms with Gasteiger partial charge in [0.1, 0.15) is 0 Å². The number of halogens is 1. The van der Waals surface area contributed by atoms with Crippen LogP contribution >= 0.6 is 45.6 Å². The summed E-state index contributed by atoms with van der Waals surface area (Å²) in [4.78, 5) is 27.1. The number of hydrogen-bond acceptors (Lipinski definition) is 5. The molecule has 3 aromatic heterocycles. The van der Waals surface area contributed by atoms with Crippen LogP contribution in [0.5, 0.6) is 0 Å². The molecule has 1 amide bonds. The van der Waals surface area contributed by atoms with Crippen LogP contribution in [0, 0.1) is 0 Å². The quantitative estimate of drug-likeness (QED) is 0.665. The Balaban J connectivity index is 1.62. The summed E-state index contributed by atoms with van der Waals surface area (Å²) >= 11 is 9.89. The summed E-state index contributed by atoms with van der Waals surface area (Å²) < 4.78 is 0.588. The lowest BCUT2D eigenvalue weighted by Crippen LogP contribution is -2.21. The molecule has 0 spiro atoms. The van der Waals surface area contributed by atoms with Gasteiger partial charge in [0.25, 0.3) is 5.91 Å². The lowest BCUT2D eigenvalue weighted by atomic mass is 10.3. The zero-order valence-corrected chi connectivity index (χ0v) is 14.4. The van der Waals surface area contributed by atoms with E-state index in [2.05, 4.69) is 5.32 Å². The smallest absolute Gasteiger partial charge is 0.261 e. The molecule has 3 heterocycles. The van der Waals surface area contributed by atoms with Crippen LogP contribution in [-0.4, -0.2) is 11.7 Å². The van der Waals surface area contributed by atoms with E-state index in [1.165, 1.54) is 34.0 Å². The molecule has 0 unspecified atom stereocenters. The fraction of sp³-hybridized carbons (Fsp3) is 0.0667. The predicted molar refractivity (Wildman–Crippen MR) is 92.6 cm³/mol. The van der Waals surface area contributed by atoms with Crippen LogP contribution < -0.4 is 5.32 Å². The molecule has 3 nitrogen and oxygen atoms in total. The second-order valence-electron chi connectivity index (χ2n) is 4.36. The van der Waals surface area contributed by atoms with E-state index in [4.69, 9.17) is 11.6 Å². The largest absolute Gasteiger partial charge is 0.346 e. The minimum absolute atomic E-state index is 0.0302. The fourth-order valence-electron chi connectivity index (χ4n) is 1.81. The number of carbonyl (C=O) groups is 2. The molecular weight excluding hydrogens is 358 g/mol. The molecule has 1 N–H and O–H groups in total. The summed E-state index contributed by atoms with van der Waals surface area (Å²) in [6.45, 7) is 0.400. The number of amides is 1. The van der Waals surface area contributed by atoms with Crippen LogP contribution in [0.3, 0.4) is 0 Å². The van der Waals surface area contributed by atoms with Crippen LogP contribution in [0.15, 0.2) is 41.8 Å². The molecule has 3 rings (SSSR count). The molecule has 0 aliphatic rings. The Labute approximate surface area is 144 Å². The summed E-state index contributed by atoms with van der Waals surface area (Å²) in [5.41, 5.74) is 0. The van der Waals surface area contributed by atoms with E-state index in [9.17, 15) is 9.59 Å². The van der Waals surface area contributed by atoms with E-state index in [0.29, 0.717) is 20.6 Å². The lowest BCUT2D eigenvalue weighted by molar-refractivity contribution is 0.0954. The minimum atomic E-state index is -0.156. The molecular formula is C15H10ClNO2S3. The molecule has 7 heteroatoms. The Morgan fingerprint density at radius 2 is 1.82 bits per heavy atom. The van der Waals surface area contributed by atoms with Crippen LogP contribution in [0.1, 0.15) is 29.1 Å². The van der Waals surface area contributed by atoms with Gasteiger partial charge in [-0.1, -0.05) is 17.7 Å². The van der Waals surface area contributed by atoms with E-state index in [-0.39, 0.29) is 11.7 Å². The third-order valence-electron chi connectivity index (χ3n) is 2.85. The van der Waals surface area contributed by atoms with Gasteiger partial charge >= 0.3 is 0 Å². The third kappa shape index (κ3) is 3.47. The number of rotatable bonds is 5. The van der Waals surface area contributed by atoms with Gasteiger partial charge in [-0.25, -0.2) is 0 Å². The topological polar surface area (TPSA) is 46.2 Å². The van der Waals surface area contributed by atoms with Crippen molar-refractivity contribution in [2.75, 3.05) is 0 Å². The van der Waals surface area contributed by atoms with Crippen LogP contribution in [0.2, 0.25) is 4.34 Å². The summed E-state index contributed by atoms with van der Waals surface area (Å²) in [6, 6.07) is 10.7. The van der Waals surface area contributed by atoms with Crippen molar-refractivity contribution < 1.29 is 9.59 Å². The first-order valence-corrected chi connectivity index (χ1v) is 9.23. The Hall–Kier alpha value is -1.47. The molecule has 112 valence electrons. The number of thiophene rings is 3. The summed E-state index contributed by atoms with van der Waals surface area (Å²) in [7, 11) is 0. The normalized spacial score (nSPS) is 10.6. The molecule has 0 aromatic carbocycles. The fourth-order valence-corrected chi connectivity index (χ4v) is 4.42. The van der Waals surface area contributed by atoms with Crippen LogP contribution in [0.4, 0.5) is 0 Å². The maximum atomic E-state index is 12.2. The molecule has 0 fully saturated rings. The highest BCUT2D eigenvalue weighted by Gasteiger charge is 2.14. The monoisotopic (exact) mass is 367 g/mol. The average Bonchev–Trinajstić information content (AvgIpc) is 3.25. The van der Waals surface area contributed by atoms with Gasteiger partial charge in [0, 0.05) is 4.88 Å². The second kappa shape index (κ2) is 6.75. The number of ketones is 1. The molecule has 0 aliphatic heterocycles. The first-order valence-electron chi connectivity index (χ1n) is 6.34. The van der Waals surface area contributed by atoms with E-state index in [0.717, 1.165) is 9.75 Å². The van der Waals surface area contributed by atoms with E-state index in [1.54, 1.807) is 18.2 Å². The van der Waals surface area contributed by atoms with Gasteiger partial charge in [-0.2, -0.15) is 0 Å². The Morgan fingerprint density at radius 3 is 2.50 bits per heavy atom. The Morgan fingerprint density at radius 1 is 1.00 bits per heavy atom. The molecule has 22 heavy (non-hydrogen) atoms. The SMILES string of the molecule is O=C(NCc1ccc(C(=O)c2cccs2)s1)c1ccc(Cl)s1. The van der Waals surface area contributed by atoms with Crippen molar-refractivity contribution in [3.8, 4) is 0 Å². The first-order chi connectivity index (χ1) is 10.6. The van der Waals surface area contributed by atoms with Gasteiger partial charge in [-0.3, -0.25) is 9.59 Å². The zero-order chi connectivity index (χ0) is 15.5. The van der Waals surface area contributed by atoms with Crippen molar-refractivity contribution >= 4 is 57.3 Å². The van der Waals surface area contributed by atoms with Crippen molar-refractivity contribution in [2.45, 2.75) is 6.54 Å². The predicted octanol–water partition coefficient (Wildman–Crippen LogP) is 4.69. The molecule has 3 aromatic rings. The minimum Gasteiger partial charge on any atom is -0.346 e. The molecule has 0 aliphatic carbocycles. The maximum Gasteiger partial charge on any atom is 0.261 e. The highest BCUT2D eigenvalue weighted by Crippen LogP contribution is 2.23. The van der Waals surface area contributed by atoms with Crippen molar-refractivity contribution in [3.63, 3.8) is 0 Å². The van der Waals surface area contributed by atoms with Crippen molar-refractivity contribution in [1.29, 1.82) is 0 Å². The number of carbonyl (C=O) groups excluding carboxylic acids is 2. The Bertz CT molecular complexity index is 804. The van der Waals surface area contributed by atoms with Crippen LogP contribution in [0.25, 0.3) is 0 Å². The molecule has 0 radical (unpaired) electrons. The van der Waals surface area contributed by atoms with E-state index < -0.39 is 0 Å². The number of hydrogen-bond donors (Lipinski definition) is 1. The number of nitrogens with one attached hydrogen (secondary N) is 1. The third-order valence-corrected chi connectivity index (χ3v) is 6.03. The summed E-state index contributed by atoms with van der Waals surface area (Å²) in [5, 5.41) is 4.71. The van der Waals surface area contributed by atoms with Gasteiger partial charge in [-0.15, -0.1) is 34.0 Å². The summed E-state index contributed by atoms with van der Waals surface area (Å²) in [5.74, 6) is -0.126. The first kappa shape index (κ1) is 15.4. The van der Waals surface area contributed by atoms with Crippen LogP contribution in [-0.2, 0) is 6.54 Å². The highest BCUT2D eigenvalue weighted by molar-refractivity contribution is 7.18. The molecule has 0 saturated carbocycles. The summed E-state index contributed by atoms with van der Waals surface area (Å²) in [6.07, 6.45) is 0. The maximum absolute atomic E-state index is 12.2. The lowest BCUT2D eigenvalue weighted by Gasteiger charge is -2.00. The van der Waals surface area contributed by atoms with E-state index >= 15 is 0 Å². The van der Waals surface area contributed by atoms with Gasteiger partial charge < -0.3 is 5.32 Å².